The van der Waals surface area contributed by atoms with Gasteiger partial charge in [0.1, 0.15) is 5.69 Å². The van der Waals surface area contributed by atoms with Crippen LogP contribution in [0.5, 0.6) is 0 Å². The van der Waals surface area contributed by atoms with Gasteiger partial charge in [-0.1, -0.05) is 127 Å². The largest absolute Gasteiger partial charge is 0.431 e. The summed E-state index contributed by atoms with van der Waals surface area (Å²) in [6.07, 6.45) is 2.13. The first-order chi connectivity index (χ1) is 27.9. The van der Waals surface area contributed by atoms with Gasteiger partial charge < -0.3 is 35.4 Å². The van der Waals surface area contributed by atoms with Crippen molar-refractivity contribution in [3.05, 3.63) is 150 Å². The fraction of sp³-hybridized carbons (Fsp3) is 0.239. The van der Waals surface area contributed by atoms with Gasteiger partial charge in [-0.25, -0.2) is 4.98 Å². The smallest absolute Gasteiger partial charge is 0.256 e. The number of ether oxygens (including phenoxy) is 2. The highest BCUT2D eigenvalue weighted by molar-refractivity contribution is 7.99. The van der Waals surface area contributed by atoms with E-state index in [1.165, 1.54) is 11.8 Å². The van der Waals surface area contributed by atoms with Crippen molar-refractivity contribution in [2.45, 2.75) is 68.9 Å². The lowest BCUT2D eigenvalue weighted by Gasteiger charge is -2.36. The van der Waals surface area contributed by atoms with E-state index in [1.54, 1.807) is 12.1 Å². The zero-order valence-corrected chi connectivity index (χ0v) is 32.3. The standard InChI is InChI=1S/C46H46N4O6S/c47-38-19-10-11-20-39(38)49-42(53)22-9-3-8-21-41(52)48-36-18-12-17-35(27-36)45-54-37(28-40(55-45)32-25-23-31(29-51)24-26-32)30-57-46-50-43(33-13-4-1-5-14-33)44(56-46)34-15-6-2-7-16-34/h1-2,4-7,10-20,23-27,37,40,45,51H,3,8-9,21-22,28-30,47H2,(H,48,52)(H,49,53)/t37-,40+,45+/m1/s1. The SMILES string of the molecule is Nc1ccccc1NC(=O)CCCCCC(=O)Nc1cccc([C@H]2O[C@@H](CSc3nc(-c4ccccc4)c(-c4ccccc4)o3)C[C@@H](c3ccc(CO)cc3)O2)c1. The van der Waals surface area contributed by atoms with Crippen LogP contribution >= 0.6 is 11.8 Å². The molecule has 1 aliphatic heterocycles. The monoisotopic (exact) mass is 782 g/mol. The summed E-state index contributed by atoms with van der Waals surface area (Å²) in [5.41, 5.74) is 13.0. The van der Waals surface area contributed by atoms with Gasteiger partial charge in [-0.15, -0.1) is 0 Å². The number of para-hydroxylation sites is 2. The molecular weight excluding hydrogens is 737 g/mol. The van der Waals surface area contributed by atoms with Crippen LogP contribution < -0.4 is 16.4 Å². The van der Waals surface area contributed by atoms with Crippen LogP contribution in [0, 0.1) is 0 Å². The third-order valence-electron chi connectivity index (χ3n) is 9.68. The lowest BCUT2D eigenvalue weighted by molar-refractivity contribution is -0.245. The van der Waals surface area contributed by atoms with Crippen molar-refractivity contribution in [2.75, 3.05) is 22.1 Å². The van der Waals surface area contributed by atoms with Gasteiger partial charge in [-0.3, -0.25) is 9.59 Å². The van der Waals surface area contributed by atoms with Gasteiger partial charge in [0.2, 0.25) is 11.8 Å². The Morgan fingerprint density at radius 2 is 1.42 bits per heavy atom. The molecule has 3 atom stereocenters. The quantitative estimate of drug-likeness (QED) is 0.0428. The van der Waals surface area contributed by atoms with Gasteiger partial charge >= 0.3 is 0 Å². The Balaban J connectivity index is 0.989. The van der Waals surface area contributed by atoms with Crippen LogP contribution in [0.2, 0.25) is 0 Å². The third-order valence-corrected chi connectivity index (χ3v) is 10.6. The summed E-state index contributed by atoms with van der Waals surface area (Å²) in [4.78, 5) is 30.2. The molecule has 0 bridgehead atoms. The topological polar surface area (TPSA) is 149 Å². The van der Waals surface area contributed by atoms with E-state index in [-0.39, 0.29) is 30.6 Å². The number of thioether (sulfide) groups is 1. The minimum atomic E-state index is -0.703. The minimum absolute atomic E-state index is 0.0384. The van der Waals surface area contributed by atoms with Gasteiger partial charge in [0, 0.05) is 47.4 Å². The van der Waals surface area contributed by atoms with Crippen molar-refractivity contribution >= 4 is 40.6 Å². The van der Waals surface area contributed by atoms with Crippen LogP contribution in [-0.2, 0) is 25.7 Å². The number of amides is 2. The first-order valence-electron chi connectivity index (χ1n) is 19.2. The molecule has 0 aliphatic carbocycles. The van der Waals surface area contributed by atoms with Crippen LogP contribution in [0.25, 0.3) is 22.6 Å². The zero-order chi connectivity index (χ0) is 39.4. The Morgan fingerprint density at radius 3 is 2.14 bits per heavy atom. The highest BCUT2D eigenvalue weighted by Crippen LogP contribution is 2.41. The van der Waals surface area contributed by atoms with Gasteiger partial charge in [0.25, 0.3) is 5.22 Å². The predicted octanol–water partition coefficient (Wildman–Crippen LogP) is 9.95. The van der Waals surface area contributed by atoms with Crippen molar-refractivity contribution in [3.63, 3.8) is 0 Å². The van der Waals surface area contributed by atoms with E-state index >= 15 is 0 Å². The average molecular weight is 783 g/mol. The van der Waals surface area contributed by atoms with Crippen molar-refractivity contribution in [1.29, 1.82) is 0 Å². The maximum atomic E-state index is 12.9. The molecule has 0 spiro atoms. The van der Waals surface area contributed by atoms with E-state index in [9.17, 15) is 14.7 Å². The number of nitrogen functional groups attached to an aromatic ring is 1. The number of nitrogens with two attached hydrogens (primary N) is 1. The molecule has 0 saturated carbocycles. The molecular formula is C46H46N4O6S. The second-order valence-electron chi connectivity index (χ2n) is 13.9. The van der Waals surface area contributed by atoms with E-state index < -0.39 is 6.29 Å². The van der Waals surface area contributed by atoms with Crippen molar-refractivity contribution in [1.82, 2.24) is 4.98 Å². The minimum Gasteiger partial charge on any atom is -0.431 e. The second kappa shape index (κ2) is 19.4. The number of aromatic nitrogens is 1. The Hall–Kier alpha value is -5.72. The van der Waals surface area contributed by atoms with E-state index in [4.69, 9.17) is 24.6 Å². The number of aliphatic hydroxyl groups excluding tert-OH is 1. The maximum Gasteiger partial charge on any atom is 0.256 e. The van der Waals surface area contributed by atoms with Crippen LogP contribution in [0.4, 0.5) is 17.1 Å². The van der Waals surface area contributed by atoms with Gasteiger partial charge in [-0.2, -0.15) is 0 Å². The summed E-state index contributed by atoms with van der Waals surface area (Å²) in [5, 5.41) is 16.0. The lowest BCUT2D eigenvalue weighted by Crippen LogP contribution is -2.31. The first-order valence-corrected chi connectivity index (χ1v) is 20.2. The number of carbonyl (C=O) groups excluding carboxylic acids is 2. The Morgan fingerprint density at radius 1 is 0.737 bits per heavy atom. The Labute approximate surface area is 336 Å². The molecule has 11 heteroatoms. The molecule has 0 unspecified atom stereocenters. The van der Waals surface area contributed by atoms with Gasteiger partial charge in [0.15, 0.2) is 12.1 Å². The van der Waals surface area contributed by atoms with Crippen LogP contribution in [0.1, 0.15) is 67.6 Å². The first kappa shape index (κ1) is 39.5. The molecule has 1 fully saturated rings. The van der Waals surface area contributed by atoms with E-state index in [0.29, 0.717) is 65.9 Å². The van der Waals surface area contributed by atoms with Crippen LogP contribution in [0.15, 0.2) is 143 Å². The van der Waals surface area contributed by atoms with Crippen LogP contribution in [0.3, 0.4) is 0 Å². The van der Waals surface area contributed by atoms with Gasteiger partial charge in [-0.05, 0) is 48.2 Å². The number of rotatable bonds is 16. The molecule has 6 aromatic rings. The molecule has 2 amide bonds. The molecule has 10 nitrogen and oxygen atoms in total. The van der Waals surface area contributed by atoms with E-state index in [0.717, 1.165) is 39.9 Å². The van der Waals surface area contributed by atoms with Crippen molar-refractivity contribution < 1.29 is 28.6 Å². The number of hydrogen-bond acceptors (Lipinski definition) is 9. The van der Waals surface area contributed by atoms with E-state index in [2.05, 4.69) is 10.6 Å². The summed E-state index contributed by atoms with van der Waals surface area (Å²) in [6.45, 7) is -0.0384. The Kier molecular flexibility index (Phi) is 13.5. The molecule has 5 aromatic carbocycles. The molecule has 1 saturated heterocycles. The molecule has 1 aliphatic rings. The summed E-state index contributed by atoms with van der Waals surface area (Å²) >= 11 is 1.50. The molecule has 5 N–H and O–H groups in total. The average Bonchev–Trinajstić information content (AvgIpc) is 3.69. The maximum absolute atomic E-state index is 12.9. The predicted molar refractivity (Wildman–Crippen MR) is 224 cm³/mol. The van der Waals surface area contributed by atoms with E-state index in [1.807, 2.05) is 121 Å². The molecule has 292 valence electrons. The Bertz CT molecular complexity index is 2170. The van der Waals surface area contributed by atoms with Gasteiger partial charge in [0.05, 0.1) is 30.2 Å². The highest BCUT2D eigenvalue weighted by atomic mass is 32.2. The van der Waals surface area contributed by atoms with Crippen molar-refractivity contribution in [3.8, 4) is 22.6 Å². The summed E-state index contributed by atoms with van der Waals surface area (Å²) < 4.78 is 19.6. The molecule has 57 heavy (non-hydrogen) atoms. The number of benzene rings is 5. The van der Waals surface area contributed by atoms with Crippen molar-refractivity contribution in [2.24, 2.45) is 0 Å². The summed E-state index contributed by atoms with van der Waals surface area (Å²) in [5.74, 6) is 1.07. The number of hydrogen-bond donors (Lipinski definition) is 4. The number of oxazole rings is 1. The lowest BCUT2D eigenvalue weighted by atomic mass is 10.0. The third kappa shape index (κ3) is 10.8. The number of nitrogens with zero attached hydrogens (tertiary/aromatic N) is 1. The number of anilines is 3. The molecule has 0 radical (unpaired) electrons. The fourth-order valence-electron chi connectivity index (χ4n) is 6.68. The number of nitrogens with one attached hydrogen (secondary N) is 2. The summed E-state index contributed by atoms with van der Waals surface area (Å²) in [6, 6.07) is 42.5. The molecule has 1 aromatic heterocycles. The number of carbonyl (C=O) groups is 2. The molecule has 2 heterocycles. The molecule has 7 rings (SSSR count). The fourth-order valence-corrected chi connectivity index (χ4v) is 7.53. The van der Waals surface area contributed by atoms with Crippen LogP contribution in [-0.4, -0.2) is 33.8 Å². The number of aliphatic hydroxyl groups is 1. The summed E-state index contributed by atoms with van der Waals surface area (Å²) in [7, 11) is 0. The number of unbranched alkanes of at least 4 members (excludes halogenated alkanes) is 2. The zero-order valence-electron chi connectivity index (χ0n) is 31.5. The second-order valence-corrected chi connectivity index (χ2v) is 14.9. The normalized spacial score (nSPS) is 16.5. The highest BCUT2D eigenvalue weighted by Gasteiger charge is 2.33.